The normalized spacial score (nSPS) is 9.89. The van der Waals surface area contributed by atoms with Crippen molar-refractivity contribution in [1.82, 2.24) is 0 Å². The topological polar surface area (TPSA) is 95.4 Å². The Kier molecular flexibility index (Phi) is 3.47. The predicted octanol–water partition coefficient (Wildman–Crippen LogP) is 1.85. The van der Waals surface area contributed by atoms with Crippen LogP contribution in [0, 0.1) is 0 Å². The maximum Gasteiger partial charge on any atom is 0.346 e. The first-order chi connectivity index (χ1) is 9.06. The zero-order chi connectivity index (χ0) is 13.8. The van der Waals surface area contributed by atoms with Crippen LogP contribution in [0.15, 0.2) is 48.5 Å². The highest BCUT2D eigenvalue weighted by molar-refractivity contribution is 6.03. The summed E-state index contributed by atoms with van der Waals surface area (Å²) < 4.78 is 4.74. The van der Waals surface area contributed by atoms with E-state index < -0.39 is 11.9 Å². The van der Waals surface area contributed by atoms with Gasteiger partial charge in [0.2, 0.25) is 0 Å². The Morgan fingerprint density at radius 2 is 1.32 bits per heavy atom. The first kappa shape index (κ1) is 12.6. The van der Waals surface area contributed by atoms with Gasteiger partial charge in [-0.2, -0.15) is 0 Å². The van der Waals surface area contributed by atoms with Gasteiger partial charge in [0.1, 0.15) is 0 Å². The molecule has 96 valence electrons. The molecule has 19 heavy (non-hydrogen) atoms. The van der Waals surface area contributed by atoms with Gasteiger partial charge in [0.05, 0.1) is 11.1 Å². The van der Waals surface area contributed by atoms with E-state index in [9.17, 15) is 9.59 Å². The minimum absolute atomic E-state index is 0.141. The molecule has 0 atom stereocenters. The zero-order valence-corrected chi connectivity index (χ0v) is 10.00. The van der Waals surface area contributed by atoms with E-state index in [-0.39, 0.29) is 5.56 Å². The fourth-order valence-electron chi connectivity index (χ4n) is 1.57. The van der Waals surface area contributed by atoms with Crippen molar-refractivity contribution in [3.63, 3.8) is 0 Å². The van der Waals surface area contributed by atoms with Crippen molar-refractivity contribution in [2.75, 3.05) is 11.5 Å². The average Bonchev–Trinajstić information content (AvgIpc) is 2.38. The average molecular weight is 256 g/mol. The van der Waals surface area contributed by atoms with Gasteiger partial charge >= 0.3 is 11.9 Å². The third kappa shape index (κ3) is 3.10. The lowest BCUT2D eigenvalue weighted by molar-refractivity contribution is 0.0398. The quantitative estimate of drug-likeness (QED) is 0.485. The smallest absolute Gasteiger partial charge is 0.346 e. The minimum Gasteiger partial charge on any atom is -0.399 e. The first-order valence-corrected chi connectivity index (χ1v) is 5.54. The molecule has 0 radical (unpaired) electrons. The molecular formula is C14H12N2O3. The van der Waals surface area contributed by atoms with Gasteiger partial charge in [-0.25, -0.2) is 9.59 Å². The molecule has 0 saturated heterocycles. The molecule has 0 amide bonds. The van der Waals surface area contributed by atoms with Gasteiger partial charge in [0.25, 0.3) is 0 Å². The standard InChI is InChI=1S/C14H12N2O3/c15-11-6-10(7-12(16)8-11)14(18)19-13(17)9-4-2-1-3-5-9/h1-8H,15-16H2. The molecule has 0 fully saturated rings. The van der Waals surface area contributed by atoms with Gasteiger partial charge in [-0.3, -0.25) is 0 Å². The van der Waals surface area contributed by atoms with Gasteiger partial charge in [0.15, 0.2) is 0 Å². The van der Waals surface area contributed by atoms with Crippen LogP contribution < -0.4 is 11.5 Å². The van der Waals surface area contributed by atoms with E-state index in [2.05, 4.69) is 0 Å². The summed E-state index contributed by atoms with van der Waals surface area (Å²) in [5.41, 5.74) is 12.2. The highest BCUT2D eigenvalue weighted by Crippen LogP contribution is 2.15. The summed E-state index contributed by atoms with van der Waals surface area (Å²) in [5.74, 6) is -1.50. The molecule has 0 bridgehead atoms. The largest absolute Gasteiger partial charge is 0.399 e. The number of anilines is 2. The number of nitrogen functional groups attached to an aromatic ring is 2. The Morgan fingerprint density at radius 3 is 1.89 bits per heavy atom. The second-order valence-electron chi connectivity index (χ2n) is 3.93. The first-order valence-electron chi connectivity index (χ1n) is 5.54. The number of hydrogen-bond donors (Lipinski definition) is 2. The van der Waals surface area contributed by atoms with Crippen molar-refractivity contribution in [3.05, 3.63) is 59.7 Å². The van der Waals surface area contributed by atoms with Gasteiger partial charge < -0.3 is 16.2 Å². The summed E-state index contributed by atoms with van der Waals surface area (Å²) in [7, 11) is 0. The maximum atomic E-state index is 11.8. The van der Waals surface area contributed by atoms with Crippen molar-refractivity contribution >= 4 is 23.3 Å². The lowest BCUT2D eigenvalue weighted by Crippen LogP contribution is -2.13. The molecule has 0 saturated carbocycles. The van der Waals surface area contributed by atoms with Crippen molar-refractivity contribution in [2.45, 2.75) is 0 Å². The van der Waals surface area contributed by atoms with Crippen LogP contribution in [0.25, 0.3) is 0 Å². The van der Waals surface area contributed by atoms with E-state index in [1.807, 2.05) is 0 Å². The molecular weight excluding hydrogens is 244 g/mol. The monoisotopic (exact) mass is 256 g/mol. The molecule has 0 unspecified atom stereocenters. The molecule has 4 N–H and O–H groups in total. The van der Waals surface area contributed by atoms with Crippen LogP contribution in [0.3, 0.4) is 0 Å². The van der Waals surface area contributed by atoms with Crippen LogP contribution in [0.1, 0.15) is 20.7 Å². The lowest BCUT2D eigenvalue weighted by Gasteiger charge is -2.05. The van der Waals surface area contributed by atoms with E-state index in [0.29, 0.717) is 16.9 Å². The molecule has 0 aliphatic heterocycles. The number of esters is 2. The Labute approximate surface area is 109 Å². The fraction of sp³-hybridized carbons (Fsp3) is 0. The Balaban J connectivity index is 2.15. The lowest BCUT2D eigenvalue weighted by atomic mass is 10.2. The van der Waals surface area contributed by atoms with Gasteiger partial charge in [-0.15, -0.1) is 0 Å². The minimum atomic E-state index is -0.784. The van der Waals surface area contributed by atoms with E-state index >= 15 is 0 Å². The van der Waals surface area contributed by atoms with E-state index in [1.165, 1.54) is 18.2 Å². The second kappa shape index (κ2) is 5.22. The molecule has 5 heteroatoms. The van der Waals surface area contributed by atoms with Crippen LogP contribution in [-0.2, 0) is 4.74 Å². The molecule has 0 heterocycles. The number of carbonyl (C=O) groups excluding carboxylic acids is 2. The summed E-state index contributed by atoms with van der Waals surface area (Å²) in [5, 5.41) is 0. The number of ether oxygens (including phenoxy) is 1. The van der Waals surface area contributed by atoms with Crippen molar-refractivity contribution in [3.8, 4) is 0 Å². The van der Waals surface area contributed by atoms with Crippen LogP contribution in [0.4, 0.5) is 11.4 Å². The molecule has 2 rings (SSSR count). The number of carbonyl (C=O) groups is 2. The van der Waals surface area contributed by atoms with Crippen molar-refractivity contribution < 1.29 is 14.3 Å². The maximum absolute atomic E-state index is 11.8. The molecule has 5 nitrogen and oxygen atoms in total. The van der Waals surface area contributed by atoms with Gasteiger partial charge in [-0.1, -0.05) is 18.2 Å². The summed E-state index contributed by atoms with van der Waals surface area (Å²) >= 11 is 0. The fourth-order valence-corrected chi connectivity index (χ4v) is 1.57. The highest BCUT2D eigenvalue weighted by Gasteiger charge is 2.15. The third-order valence-corrected chi connectivity index (χ3v) is 2.41. The van der Waals surface area contributed by atoms with Crippen molar-refractivity contribution in [1.29, 1.82) is 0 Å². The number of rotatable bonds is 2. The summed E-state index contributed by atoms with van der Waals surface area (Å²) in [6.45, 7) is 0. The van der Waals surface area contributed by atoms with Crippen LogP contribution in [-0.4, -0.2) is 11.9 Å². The SMILES string of the molecule is Nc1cc(N)cc(C(=O)OC(=O)c2ccccc2)c1. The zero-order valence-electron chi connectivity index (χ0n) is 10.00. The molecule has 2 aromatic rings. The number of hydrogen-bond acceptors (Lipinski definition) is 5. The van der Waals surface area contributed by atoms with Crippen LogP contribution in [0.5, 0.6) is 0 Å². The Morgan fingerprint density at radius 1 is 0.789 bits per heavy atom. The summed E-state index contributed by atoms with van der Waals surface area (Å²) in [6, 6.07) is 12.5. The summed E-state index contributed by atoms with van der Waals surface area (Å²) in [6.07, 6.45) is 0. The van der Waals surface area contributed by atoms with Gasteiger partial charge in [0, 0.05) is 11.4 Å². The second-order valence-corrected chi connectivity index (χ2v) is 3.93. The van der Waals surface area contributed by atoms with E-state index in [0.717, 1.165) is 0 Å². The van der Waals surface area contributed by atoms with Gasteiger partial charge in [-0.05, 0) is 30.3 Å². The molecule has 2 aromatic carbocycles. The third-order valence-electron chi connectivity index (χ3n) is 2.41. The van der Waals surface area contributed by atoms with Crippen molar-refractivity contribution in [2.24, 2.45) is 0 Å². The molecule has 0 aliphatic carbocycles. The Bertz CT molecular complexity index is 604. The summed E-state index contributed by atoms with van der Waals surface area (Å²) in [4.78, 5) is 23.5. The molecule has 0 aliphatic rings. The van der Waals surface area contributed by atoms with Crippen LogP contribution in [0.2, 0.25) is 0 Å². The molecule has 0 spiro atoms. The Hall–Kier alpha value is -2.82. The molecule has 0 aromatic heterocycles. The van der Waals surface area contributed by atoms with E-state index in [4.69, 9.17) is 16.2 Å². The number of nitrogens with two attached hydrogens (primary N) is 2. The van der Waals surface area contributed by atoms with E-state index in [1.54, 1.807) is 30.3 Å². The highest BCUT2D eigenvalue weighted by atomic mass is 16.6. The predicted molar refractivity (Wildman–Crippen MR) is 71.5 cm³/mol. The van der Waals surface area contributed by atoms with Crippen LogP contribution >= 0.6 is 0 Å². The number of benzene rings is 2.